The maximum absolute atomic E-state index is 12.8. The molecule has 0 spiro atoms. The molecular formula is C19H13Cl2N3O5S. The first kappa shape index (κ1) is 21.6. The Balaban J connectivity index is 1.88. The number of carbonyl (C=O) groups excluding carboxylic acids is 1. The van der Waals surface area contributed by atoms with Gasteiger partial charge in [0.1, 0.15) is 4.90 Å². The first-order chi connectivity index (χ1) is 14.2. The molecule has 0 bridgehead atoms. The summed E-state index contributed by atoms with van der Waals surface area (Å²) < 4.78 is 27.8. The van der Waals surface area contributed by atoms with Crippen LogP contribution in [0.2, 0.25) is 10.0 Å². The van der Waals surface area contributed by atoms with E-state index >= 15 is 0 Å². The van der Waals surface area contributed by atoms with Crippen molar-refractivity contribution in [1.82, 2.24) is 0 Å². The van der Waals surface area contributed by atoms with E-state index in [2.05, 4.69) is 10.0 Å². The van der Waals surface area contributed by atoms with Crippen molar-refractivity contribution in [3.8, 4) is 0 Å². The van der Waals surface area contributed by atoms with Crippen LogP contribution in [0.3, 0.4) is 0 Å². The van der Waals surface area contributed by atoms with E-state index in [9.17, 15) is 23.3 Å². The molecule has 0 unspecified atom stereocenters. The van der Waals surface area contributed by atoms with Gasteiger partial charge >= 0.3 is 0 Å². The molecule has 3 aromatic rings. The van der Waals surface area contributed by atoms with Crippen LogP contribution in [-0.4, -0.2) is 19.2 Å². The number of hydrogen-bond acceptors (Lipinski definition) is 5. The van der Waals surface area contributed by atoms with Crippen molar-refractivity contribution in [1.29, 1.82) is 0 Å². The highest BCUT2D eigenvalue weighted by Crippen LogP contribution is 2.27. The van der Waals surface area contributed by atoms with Gasteiger partial charge in [0.25, 0.3) is 21.6 Å². The highest BCUT2D eigenvalue weighted by atomic mass is 35.5. The Hall–Kier alpha value is -3.14. The van der Waals surface area contributed by atoms with E-state index in [0.717, 1.165) is 12.1 Å². The van der Waals surface area contributed by atoms with Gasteiger partial charge in [-0.15, -0.1) is 0 Å². The van der Waals surface area contributed by atoms with Gasteiger partial charge in [-0.25, -0.2) is 8.42 Å². The van der Waals surface area contributed by atoms with Gasteiger partial charge in [-0.2, -0.15) is 0 Å². The number of amides is 1. The molecule has 3 aromatic carbocycles. The second-order valence-electron chi connectivity index (χ2n) is 6.02. The van der Waals surface area contributed by atoms with Crippen LogP contribution in [0.15, 0.2) is 71.6 Å². The first-order valence-electron chi connectivity index (χ1n) is 8.29. The average Bonchev–Trinajstić information content (AvgIpc) is 2.69. The van der Waals surface area contributed by atoms with Crippen molar-refractivity contribution in [2.75, 3.05) is 10.0 Å². The Bertz CT molecular complexity index is 1230. The number of anilines is 2. The lowest BCUT2D eigenvalue weighted by atomic mass is 10.2. The van der Waals surface area contributed by atoms with Gasteiger partial charge in [0.2, 0.25) is 0 Å². The maximum atomic E-state index is 12.8. The zero-order valence-electron chi connectivity index (χ0n) is 15.0. The molecule has 3 rings (SSSR count). The lowest BCUT2D eigenvalue weighted by molar-refractivity contribution is -0.384. The van der Waals surface area contributed by atoms with Crippen molar-refractivity contribution in [2.45, 2.75) is 4.90 Å². The van der Waals surface area contributed by atoms with E-state index in [0.29, 0.717) is 10.7 Å². The molecule has 0 fully saturated rings. The van der Waals surface area contributed by atoms with Gasteiger partial charge in [-0.3, -0.25) is 19.6 Å². The molecule has 2 N–H and O–H groups in total. The van der Waals surface area contributed by atoms with E-state index in [1.807, 2.05) is 0 Å². The smallest absolute Gasteiger partial charge is 0.271 e. The SMILES string of the molecule is O=C(Nc1ccc(Cl)cc1)c1ccc(Cl)c(S(=O)(=O)Nc2cccc([N+](=O)[O-])c2)c1. The second-order valence-corrected chi connectivity index (χ2v) is 8.51. The molecular weight excluding hydrogens is 453 g/mol. The molecule has 0 saturated carbocycles. The van der Waals surface area contributed by atoms with Crippen LogP contribution in [0.4, 0.5) is 17.1 Å². The Morgan fingerprint density at radius 1 is 0.933 bits per heavy atom. The van der Waals surface area contributed by atoms with E-state index in [-0.39, 0.29) is 26.9 Å². The summed E-state index contributed by atoms with van der Waals surface area (Å²) in [6.07, 6.45) is 0. The summed E-state index contributed by atoms with van der Waals surface area (Å²) >= 11 is 11.8. The molecule has 0 saturated heterocycles. The number of nitro benzene ring substituents is 1. The zero-order chi connectivity index (χ0) is 21.9. The van der Waals surface area contributed by atoms with Crippen molar-refractivity contribution in [3.05, 3.63) is 92.5 Å². The molecule has 1 amide bonds. The third-order valence-corrected chi connectivity index (χ3v) is 6.01. The quantitative estimate of drug-likeness (QED) is 0.394. The first-order valence-corrected chi connectivity index (χ1v) is 10.5. The molecule has 0 aliphatic heterocycles. The highest BCUT2D eigenvalue weighted by molar-refractivity contribution is 7.92. The minimum absolute atomic E-state index is 0.0173. The predicted octanol–water partition coefficient (Wildman–Crippen LogP) is 4.95. The number of non-ortho nitro benzene ring substituents is 1. The number of nitro groups is 1. The molecule has 0 heterocycles. The van der Waals surface area contributed by atoms with E-state index < -0.39 is 20.9 Å². The van der Waals surface area contributed by atoms with Gasteiger partial charge in [0, 0.05) is 28.4 Å². The standard InChI is InChI=1S/C19H13Cl2N3O5S/c20-13-5-7-14(8-6-13)22-19(25)12-4-9-17(21)18(10-12)30(28,29)23-15-2-1-3-16(11-15)24(26)27/h1-11,23H,(H,22,25). The number of nitrogens with zero attached hydrogens (tertiary/aromatic N) is 1. The van der Waals surface area contributed by atoms with Crippen molar-refractivity contribution in [3.63, 3.8) is 0 Å². The van der Waals surface area contributed by atoms with E-state index in [1.165, 1.54) is 30.3 Å². The van der Waals surface area contributed by atoms with Gasteiger partial charge in [-0.05, 0) is 48.5 Å². The lowest BCUT2D eigenvalue weighted by Crippen LogP contribution is -2.16. The minimum atomic E-state index is -4.22. The van der Waals surface area contributed by atoms with Crippen molar-refractivity contribution >= 4 is 56.2 Å². The fraction of sp³-hybridized carbons (Fsp3) is 0. The molecule has 11 heteroatoms. The summed E-state index contributed by atoms with van der Waals surface area (Å²) in [4.78, 5) is 22.4. The fourth-order valence-electron chi connectivity index (χ4n) is 2.48. The normalized spacial score (nSPS) is 11.0. The molecule has 8 nitrogen and oxygen atoms in total. The molecule has 0 aromatic heterocycles. The number of benzene rings is 3. The van der Waals surface area contributed by atoms with Crippen LogP contribution < -0.4 is 10.0 Å². The number of sulfonamides is 1. The Morgan fingerprint density at radius 2 is 1.63 bits per heavy atom. The third-order valence-electron chi connectivity index (χ3n) is 3.89. The summed E-state index contributed by atoms with van der Waals surface area (Å²) in [5.74, 6) is -0.555. The highest BCUT2D eigenvalue weighted by Gasteiger charge is 2.21. The number of nitrogens with one attached hydrogen (secondary N) is 2. The molecule has 154 valence electrons. The number of halogens is 2. The van der Waals surface area contributed by atoms with Crippen LogP contribution in [0, 0.1) is 10.1 Å². The number of rotatable bonds is 6. The fourth-order valence-corrected chi connectivity index (χ4v) is 4.18. The van der Waals surface area contributed by atoms with Crippen LogP contribution in [0.25, 0.3) is 0 Å². The van der Waals surface area contributed by atoms with E-state index in [4.69, 9.17) is 23.2 Å². The van der Waals surface area contributed by atoms with E-state index in [1.54, 1.807) is 24.3 Å². The molecule has 0 aliphatic carbocycles. The summed E-state index contributed by atoms with van der Waals surface area (Å²) in [7, 11) is -4.22. The van der Waals surface area contributed by atoms with Crippen LogP contribution in [-0.2, 0) is 10.0 Å². The van der Waals surface area contributed by atoms with Crippen LogP contribution in [0.5, 0.6) is 0 Å². The molecule has 0 atom stereocenters. The summed E-state index contributed by atoms with van der Waals surface area (Å²) in [5, 5.41) is 13.9. The zero-order valence-corrected chi connectivity index (χ0v) is 17.3. The van der Waals surface area contributed by atoms with Gasteiger partial charge in [0.05, 0.1) is 15.6 Å². The Morgan fingerprint density at radius 3 is 2.30 bits per heavy atom. The van der Waals surface area contributed by atoms with Crippen molar-refractivity contribution in [2.24, 2.45) is 0 Å². The Kier molecular flexibility index (Phi) is 6.25. The van der Waals surface area contributed by atoms with Gasteiger partial charge in [0.15, 0.2) is 0 Å². The van der Waals surface area contributed by atoms with Crippen LogP contribution >= 0.6 is 23.2 Å². The van der Waals surface area contributed by atoms with Crippen molar-refractivity contribution < 1.29 is 18.1 Å². The van der Waals surface area contributed by atoms with Gasteiger partial charge in [-0.1, -0.05) is 29.3 Å². The van der Waals surface area contributed by atoms with Gasteiger partial charge < -0.3 is 5.32 Å². The molecule has 0 aliphatic rings. The largest absolute Gasteiger partial charge is 0.322 e. The maximum Gasteiger partial charge on any atom is 0.271 e. The number of carbonyl (C=O) groups is 1. The summed E-state index contributed by atoms with van der Waals surface area (Å²) in [5.41, 5.74) is 0.223. The van der Waals surface area contributed by atoms with Crippen LogP contribution in [0.1, 0.15) is 10.4 Å². The predicted molar refractivity (Wildman–Crippen MR) is 115 cm³/mol. The molecule has 30 heavy (non-hydrogen) atoms. The Labute approximate surface area is 181 Å². The topological polar surface area (TPSA) is 118 Å². The third kappa shape index (κ3) is 5.07. The average molecular weight is 466 g/mol. The minimum Gasteiger partial charge on any atom is -0.322 e. The summed E-state index contributed by atoms with van der Waals surface area (Å²) in [6.45, 7) is 0. The number of hydrogen-bond donors (Lipinski definition) is 2. The summed E-state index contributed by atoms with van der Waals surface area (Å²) in [6, 6.07) is 15.1. The monoisotopic (exact) mass is 465 g/mol. The second kappa shape index (κ2) is 8.70. The lowest BCUT2D eigenvalue weighted by Gasteiger charge is -2.11. The molecule has 0 radical (unpaired) electrons.